The lowest BCUT2D eigenvalue weighted by atomic mass is 10.3. The maximum atomic E-state index is 12.8. The van der Waals surface area contributed by atoms with E-state index >= 15 is 0 Å². The third kappa shape index (κ3) is 5.90. The van der Waals surface area contributed by atoms with Gasteiger partial charge in [-0.15, -0.1) is 0 Å². The monoisotopic (exact) mass is 512 g/mol. The fourth-order valence-corrected chi connectivity index (χ4v) is 4.67. The number of pyridine rings is 1. The van der Waals surface area contributed by atoms with Crippen molar-refractivity contribution in [3.63, 3.8) is 0 Å². The van der Waals surface area contributed by atoms with Gasteiger partial charge < -0.3 is 10.6 Å². The van der Waals surface area contributed by atoms with Gasteiger partial charge in [0.1, 0.15) is 23.3 Å². The Balaban J connectivity index is 1.26. The van der Waals surface area contributed by atoms with Crippen LogP contribution in [0.25, 0.3) is 5.69 Å². The molecule has 0 saturated heterocycles. The third-order valence-corrected chi connectivity index (χ3v) is 6.73. The number of benzene rings is 2. The van der Waals surface area contributed by atoms with Gasteiger partial charge in [-0.25, -0.2) is 28.1 Å². The number of anilines is 5. The first-order valence-electron chi connectivity index (χ1n) is 11.4. The summed E-state index contributed by atoms with van der Waals surface area (Å²) in [6, 6.07) is 20.8. The summed E-state index contributed by atoms with van der Waals surface area (Å²) < 4.78 is 30.0. The summed E-state index contributed by atoms with van der Waals surface area (Å²) in [4.78, 5) is 13.3. The molecule has 3 heterocycles. The van der Waals surface area contributed by atoms with Crippen LogP contribution in [0.3, 0.4) is 0 Å². The fourth-order valence-electron chi connectivity index (χ4n) is 3.61. The van der Waals surface area contributed by atoms with E-state index < -0.39 is 10.0 Å². The van der Waals surface area contributed by atoms with Gasteiger partial charge in [0.2, 0.25) is 0 Å². The van der Waals surface area contributed by atoms with Crippen molar-refractivity contribution in [1.82, 2.24) is 24.7 Å². The number of aryl methyl sites for hydroxylation is 2. The molecule has 11 heteroatoms. The van der Waals surface area contributed by atoms with Crippen molar-refractivity contribution in [2.75, 3.05) is 15.4 Å². The second-order valence-corrected chi connectivity index (χ2v) is 9.96. The normalized spacial score (nSPS) is 11.2. The number of hydrogen-bond acceptors (Lipinski definition) is 8. The highest BCUT2D eigenvalue weighted by Crippen LogP contribution is 2.23. The molecule has 186 valence electrons. The average Bonchev–Trinajstić information content (AvgIpc) is 3.40. The summed E-state index contributed by atoms with van der Waals surface area (Å²) in [6.45, 7) is 3.80. The SMILES string of the molecule is Cc1ccnc(Nc2cc(Nc3ccc(NS(=O)(=O)c4ccc(-n5cccn5)cc4)cc3)nc(C)n2)c1. The topological polar surface area (TPSA) is 127 Å². The van der Waals surface area contributed by atoms with E-state index in [0.717, 1.165) is 16.9 Å². The third-order valence-electron chi connectivity index (χ3n) is 5.34. The molecule has 5 rings (SSSR count). The van der Waals surface area contributed by atoms with Crippen LogP contribution < -0.4 is 15.4 Å². The molecule has 3 aromatic heterocycles. The van der Waals surface area contributed by atoms with Crippen LogP contribution in [0, 0.1) is 13.8 Å². The van der Waals surface area contributed by atoms with Crippen LogP contribution >= 0.6 is 0 Å². The Labute approximate surface area is 214 Å². The molecule has 3 N–H and O–H groups in total. The van der Waals surface area contributed by atoms with E-state index in [1.807, 2.05) is 19.1 Å². The quantitative estimate of drug-likeness (QED) is 0.266. The predicted molar refractivity (Wildman–Crippen MR) is 143 cm³/mol. The molecule has 10 nitrogen and oxygen atoms in total. The van der Waals surface area contributed by atoms with Gasteiger partial charge in [0.05, 0.1) is 10.6 Å². The first-order chi connectivity index (χ1) is 17.8. The van der Waals surface area contributed by atoms with Crippen molar-refractivity contribution in [1.29, 1.82) is 0 Å². The lowest BCUT2D eigenvalue weighted by molar-refractivity contribution is 0.601. The van der Waals surface area contributed by atoms with Gasteiger partial charge in [0.25, 0.3) is 10.0 Å². The van der Waals surface area contributed by atoms with Gasteiger partial charge in [-0.1, -0.05) is 0 Å². The van der Waals surface area contributed by atoms with Crippen LogP contribution in [0.15, 0.2) is 96.3 Å². The Bertz CT molecular complexity index is 1620. The first kappa shape index (κ1) is 23.9. The van der Waals surface area contributed by atoms with Gasteiger partial charge in [-0.05, 0) is 86.1 Å². The first-order valence-corrected chi connectivity index (χ1v) is 12.9. The number of nitrogens with one attached hydrogen (secondary N) is 3. The average molecular weight is 513 g/mol. The molecule has 0 spiro atoms. The molecule has 0 unspecified atom stereocenters. The second-order valence-electron chi connectivity index (χ2n) is 8.28. The summed E-state index contributed by atoms with van der Waals surface area (Å²) >= 11 is 0. The van der Waals surface area contributed by atoms with Crippen molar-refractivity contribution in [2.24, 2.45) is 0 Å². The highest BCUT2D eigenvalue weighted by atomic mass is 32.2. The summed E-state index contributed by atoms with van der Waals surface area (Å²) in [5.41, 5.74) is 3.04. The highest BCUT2D eigenvalue weighted by Gasteiger charge is 2.14. The molecule has 0 fully saturated rings. The Kier molecular flexibility index (Phi) is 6.52. The van der Waals surface area contributed by atoms with E-state index in [1.54, 1.807) is 90.9 Å². The van der Waals surface area contributed by atoms with Crippen LogP contribution in [-0.4, -0.2) is 33.2 Å². The van der Waals surface area contributed by atoms with Crippen molar-refractivity contribution >= 4 is 38.9 Å². The maximum Gasteiger partial charge on any atom is 0.261 e. The Morgan fingerprint density at radius 3 is 2.14 bits per heavy atom. The zero-order valence-electron chi connectivity index (χ0n) is 20.1. The van der Waals surface area contributed by atoms with E-state index in [0.29, 0.717) is 29.0 Å². The molecule has 0 aliphatic heterocycles. The van der Waals surface area contributed by atoms with E-state index in [-0.39, 0.29) is 4.90 Å². The number of nitrogens with zero attached hydrogens (tertiary/aromatic N) is 5. The maximum absolute atomic E-state index is 12.8. The predicted octanol–water partition coefficient (Wildman–Crippen LogP) is 4.96. The lowest BCUT2D eigenvalue weighted by Gasteiger charge is -2.12. The highest BCUT2D eigenvalue weighted by molar-refractivity contribution is 7.92. The minimum atomic E-state index is -3.75. The van der Waals surface area contributed by atoms with Gasteiger partial charge in [0, 0.05) is 36.0 Å². The van der Waals surface area contributed by atoms with Crippen LogP contribution in [-0.2, 0) is 10.0 Å². The molecule has 0 amide bonds. The fraction of sp³-hybridized carbons (Fsp3) is 0.0769. The molecule has 0 aliphatic carbocycles. The number of sulfonamides is 1. The smallest absolute Gasteiger partial charge is 0.261 e. The van der Waals surface area contributed by atoms with Crippen LogP contribution in [0.5, 0.6) is 0 Å². The van der Waals surface area contributed by atoms with Crippen molar-refractivity contribution in [2.45, 2.75) is 18.7 Å². The van der Waals surface area contributed by atoms with Gasteiger partial charge in [0.15, 0.2) is 0 Å². The van der Waals surface area contributed by atoms with Gasteiger partial charge >= 0.3 is 0 Å². The number of rotatable bonds is 8. The molecule has 37 heavy (non-hydrogen) atoms. The largest absolute Gasteiger partial charge is 0.340 e. The molecular weight excluding hydrogens is 488 g/mol. The van der Waals surface area contributed by atoms with E-state index in [9.17, 15) is 8.42 Å². The van der Waals surface area contributed by atoms with Gasteiger partial charge in [-0.2, -0.15) is 5.10 Å². The second kappa shape index (κ2) is 10.1. The van der Waals surface area contributed by atoms with Crippen LogP contribution in [0.2, 0.25) is 0 Å². The van der Waals surface area contributed by atoms with Crippen LogP contribution in [0.4, 0.5) is 28.8 Å². The molecular formula is C26H24N8O2S. The van der Waals surface area contributed by atoms with Crippen molar-refractivity contribution < 1.29 is 8.42 Å². The molecule has 5 aromatic rings. The number of aromatic nitrogens is 5. The summed E-state index contributed by atoms with van der Waals surface area (Å²) in [7, 11) is -3.75. The molecule has 0 aliphatic rings. The summed E-state index contributed by atoms with van der Waals surface area (Å²) in [5.74, 6) is 2.48. The molecule has 0 bridgehead atoms. The zero-order chi connectivity index (χ0) is 25.8. The van der Waals surface area contributed by atoms with Crippen LogP contribution in [0.1, 0.15) is 11.4 Å². The van der Waals surface area contributed by atoms with E-state index in [1.165, 1.54) is 0 Å². The Morgan fingerprint density at radius 2 is 1.46 bits per heavy atom. The summed E-state index contributed by atoms with van der Waals surface area (Å²) in [6.07, 6.45) is 5.19. The van der Waals surface area contributed by atoms with E-state index in [2.05, 4.69) is 35.4 Å². The van der Waals surface area contributed by atoms with E-state index in [4.69, 9.17) is 0 Å². The van der Waals surface area contributed by atoms with Gasteiger partial charge in [-0.3, -0.25) is 4.72 Å². The molecule has 0 atom stereocenters. The number of hydrogen-bond donors (Lipinski definition) is 3. The lowest BCUT2D eigenvalue weighted by Crippen LogP contribution is -2.13. The standard InChI is InChI=1S/C26H24N8O2S/c1-18-12-14-27-24(16-18)32-26-17-25(29-19(2)30-26)31-20-4-6-21(7-5-20)33-37(35,36)23-10-8-22(9-11-23)34-15-3-13-28-34/h3-17,33H,1-2H3,(H2,27,29,30,31,32). The molecule has 0 saturated carbocycles. The van der Waals surface area contributed by atoms with Crippen molar-refractivity contribution in [3.05, 3.63) is 103 Å². The summed E-state index contributed by atoms with van der Waals surface area (Å²) in [5, 5.41) is 10.6. The zero-order valence-corrected chi connectivity index (χ0v) is 20.9. The van der Waals surface area contributed by atoms with Crippen molar-refractivity contribution in [3.8, 4) is 5.69 Å². The minimum Gasteiger partial charge on any atom is -0.340 e. The molecule has 2 aromatic carbocycles. The Hall–Kier alpha value is -4.77. The molecule has 0 radical (unpaired) electrons. The minimum absolute atomic E-state index is 0.158. The Morgan fingerprint density at radius 1 is 0.757 bits per heavy atom.